The summed E-state index contributed by atoms with van der Waals surface area (Å²) in [5.41, 5.74) is 0.159. The van der Waals surface area contributed by atoms with Crippen molar-refractivity contribution in [3.8, 4) is 0 Å². The summed E-state index contributed by atoms with van der Waals surface area (Å²) in [6, 6.07) is 0. The highest BCUT2D eigenvalue weighted by Crippen LogP contribution is 2.36. The third-order valence-corrected chi connectivity index (χ3v) is 4.91. The Hall–Kier alpha value is -1.90. The standard InChI is InChI=1S/C11H13NO7S/c1-7(14)19-5-8-6-20(16,17)10-4-9(15)12(10)11(8)18-3-2-13/h2,10H,3-6H2,1H3/t10-/m1/s1. The number of hydrogen-bond donors (Lipinski definition) is 0. The quantitative estimate of drug-likeness (QED) is 0.363. The van der Waals surface area contributed by atoms with Crippen LogP contribution in [0, 0.1) is 0 Å². The first-order chi connectivity index (χ1) is 9.36. The Labute approximate surface area is 115 Å². The van der Waals surface area contributed by atoms with Gasteiger partial charge in [-0.15, -0.1) is 0 Å². The lowest BCUT2D eigenvalue weighted by Crippen LogP contribution is -2.59. The van der Waals surface area contributed by atoms with Crippen molar-refractivity contribution in [3.05, 3.63) is 11.5 Å². The number of nitrogens with zero attached hydrogens (tertiary/aromatic N) is 1. The molecule has 0 N–H and O–H groups in total. The van der Waals surface area contributed by atoms with Gasteiger partial charge in [0.2, 0.25) is 11.8 Å². The van der Waals surface area contributed by atoms with Crippen LogP contribution in [0.1, 0.15) is 13.3 Å². The summed E-state index contributed by atoms with van der Waals surface area (Å²) in [6.07, 6.45) is 0.385. The minimum absolute atomic E-state index is 0.00873. The van der Waals surface area contributed by atoms with Crippen molar-refractivity contribution < 1.29 is 32.3 Å². The summed E-state index contributed by atoms with van der Waals surface area (Å²) in [5.74, 6) is -1.33. The second-order valence-corrected chi connectivity index (χ2v) is 6.55. The van der Waals surface area contributed by atoms with Crippen molar-refractivity contribution in [2.75, 3.05) is 19.0 Å². The van der Waals surface area contributed by atoms with E-state index in [1.807, 2.05) is 0 Å². The molecule has 8 nitrogen and oxygen atoms in total. The molecule has 0 spiro atoms. The molecule has 1 amide bonds. The lowest BCUT2D eigenvalue weighted by molar-refractivity contribution is -0.144. The second-order valence-electron chi connectivity index (χ2n) is 4.40. The highest BCUT2D eigenvalue weighted by atomic mass is 32.2. The number of carbonyl (C=O) groups excluding carboxylic acids is 3. The molecule has 0 aromatic heterocycles. The molecule has 0 aliphatic carbocycles. The van der Waals surface area contributed by atoms with Crippen LogP contribution in [-0.2, 0) is 33.7 Å². The van der Waals surface area contributed by atoms with Crippen molar-refractivity contribution in [2.45, 2.75) is 18.7 Å². The lowest BCUT2D eigenvalue weighted by Gasteiger charge is -2.43. The zero-order chi connectivity index (χ0) is 14.9. The largest absolute Gasteiger partial charge is 0.471 e. The van der Waals surface area contributed by atoms with E-state index in [1.165, 1.54) is 6.92 Å². The molecule has 110 valence electrons. The number of β-lactam (4-membered cyclic amide) rings is 1. The Morgan fingerprint density at radius 1 is 1.50 bits per heavy atom. The molecule has 0 aromatic rings. The predicted octanol–water partition coefficient (Wildman–Crippen LogP) is -1.04. The van der Waals surface area contributed by atoms with Gasteiger partial charge in [0.15, 0.2) is 21.5 Å². The third kappa shape index (κ3) is 2.53. The van der Waals surface area contributed by atoms with Gasteiger partial charge in [0.25, 0.3) is 0 Å². The predicted molar refractivity (Wildman–Crippen MR) is 64.7 cm³/mol. The van der Waals surface area contributed by atoms with Gasteiger partial charge >= 0.3 is 5.97 Å². The summed E-state index contributed by atoms with van der Waals surface area (Å²) in [7, 11) is -3.52. The molecule has 1 fully saturated rings. The normalized spacial score (nSPS) is 23.8. The number of amides is 1. The number of sulfone groups is 1. The van der Waals surface area contributed by atoms with E-state index in [0.29, 0.717) is 6.29 Å². The van der Waals surface area contributed by atoms with E-state index in [-0.39, 0.29) is 36.8 Å². The number of aldehydes is 1. The number of hydrogen-bond acceptors (Lipinski definition) is 7. The minimum atomic E-state index is -3.52. The van der Waals surface area contributed by atoms with Crippen LogP contribution in [0.4, 0.5) is 0 Å². The topological polar surface area (TPSA) is 107 Å². The molecule has 0 aromatic carbocycles. The summed E-state index contributed by atoms with van der Waals surface area (Å²) in [5, 5.41) is -0.947. The van der Waals surface area contributed by atoms with E-state index in [2.05, 4.69) is 0 Å². The molecule has 1 atom stereocenters. The Kier molecular flexibility index (Phi) is 3.80. The van der Waals surface area contributed by atoms with Gasteiger partial charge in [-0.2, -0.15) is 0 Å². The van der Waals surface area contributed by atoms with Gasteiger partial charge in [-0.05, 0) is 0 Å². The first-order valence-electron chi connectivity index (χ1n) is 5.82. The van der Waals surface area contributed by atoms with Crippen molar-refractivity contribution in [2.24, 2.45) is 0 Å². The van der Waals surface area contributed by atoms with E-state index in [4.69, 9.17) is 9.47 Å². The van der Waals surface area contributed by atoms with Gasteiger partial charge in [0, 0.05) is 12.5 Å². The molecule has 1 saturated heterocycles. The molecule has 9 heteroatoms. The SMILES string of the molecule is CC(=O)OCC1=C(OCC=O)N2C(=O)C[C@H]2S(=O)(=O)C1. The number of carbonyl (C=O) groups is 3. The van der Waals surface area contributed by atoms with Gasteiger partial charge in [-0.3, -0.25) is 19.3 Å². The summed E-state index contributed by atoms with van der Waals surface area (Å²) < 4.78 is 33.8. The van der Waals surface area contributed by atoms with Crippen molar-refractivity contribution in [1.29, 1.82) is 0 Å². The molecular formula is C11H13NO7S. The van der Waals surface area contributed by atoms with Crippen LogP contribution in [-0.4, -0.2) is 55.8 Å². The van der Waals surface area contributed by atoms with Gasteiger partial charge in [-0.25, -0.2) is 8.42 Å². The van der Waals surface area contributed by atoms with Gasteiger partial charge in [0.1, 0.15) is 13.2 Å². The Morgan fingerprint density at radius 3 is 2.75 bits per heavy atom. The van der Waals surface area contributed by atoms with Crippen LogP contribution in [0.2, 0.25) is 0 Å². The Balaban J connectivity index is 2.33. The smallest absolute Gasteiger partial charge is 0.302 e. The maximum atomic E-state index is 12.0. The van der Waals surface area contributed by atoms with E-state index < -0.39 is 27.1 Å². The van der Waals surface area contributed by atoms with E-state index in [1.54, 1.807) is 0 Å². The zero-order valence-electron chi connectivity index (χ0n) is 10.7. The van der Waals surface area contributed by atoms with E-state index in [0.717, 1.165) is 4.90 Å². The molecule has 0 bridgehead atoms. The fourth-order valence-electron chi connectivity index (χ4n) is 2.07. The van der Waals surface area contributed by atoms with Gasteiger partial charge in [-0.1, -0.05) is 0 Å². The average Bonchev–Trinajstić information content (AvgIpc) is 2.35. The fourth-order valence-corrected chi connectivity index (χ4v) is 3.88. The summed E-state index contributed by atoms with van der Waals surface area (Å²) in [6.45, 7) is 0.579. The van der Waals surface area contributed by atoms with Gasteiger partial charge in [0.05, 0.1) is 12.2 Å². The molecule has 0 unspecified atom stereocenters. The minimum Gasteiger partial charge on any atom is -0.471 e. The highest BCUT2D eigenvalue weighted by Gasteiger charge is 2.52. The van der Waals surface area contributed by atoms with Crippen molar-refractivity contribution in [1.82, 2.24) is 4.90 Å². The average molecular weight is 303 g/mol. The van der Waals surface area contributed by atoms with E-state index in [9.17, 15) is 22.8 Å². The molecule has 2 rings (SSSR count). The van der Waals surface area contributed by atoms with Crippen LogP contribution < -0.4 is 0 Å². The van der Waals surface area contributed by atoms with Crippen LogP contribution in [0.3, 0.4) is 0 Å². The first kappa shape index (κ1) is 14.5. The van der Waals surface area contributed by atoms with Gasteiger partial charge < -0.3 is 9.47 Å². The van der Waals surface area contributed by atoms with Crippen LogP contribution >= 0.6 is 0 Å². The lowest BCUT2D eigenvalue weighted by atomic mass is 10.1. The molecule has 20 heavy (non-hydrogen) atoms. The molecule has 0 saturated carbocycles. The van der Waals surface area contributed by atoms with Crippen molar-refractivity contribution >= 4 is 28.0 Å². The first-order valence-corrected chi connectivity index (χ1v) is 7.54. The second kappa shape index (κ2) is 5.23. The maximum absolute atomic E-state index is 12.0. The monoisotopic (exact) mass is 303 g/mol. The number of esters is 1. The Bertz CT molecular complexity index is 592. The number of fused-ring (bicyclic) bond motifs is 1. The summed E-state index contributed by atoms with van der Waals surface area (Å²) >= 11 is 0. The molecule has 2 heterocycles. The zero-order valence-corrected chi connectivity index (χ0v) is 11.5. The van der Waals surface area contributed by atoms with Crippen LogP contribution in [0.15, 0.2) is 11.5 Å². The third-order valence-electron chi connectivity index (χ3n) is 2.95. The molecular weight excluding hydrogens is 290 g/mol. The fraction of sp³-hybridized carbons (Fsp3) is 0.545. The highest BCUT2D eigenvalue weighted by molar-refractivity contribution is 7.92. The summed E-state index contributed by atoms with van der Waals surface area (Å²) in [4.78, 5) is 33.8. The molecule has 2 aliphatic rings. The van der Waals surface area contributed by atoms with E-state index >= 15 is 0 Å². The van der Waals surface area contributed by atoms with Crippen LogP contribution in [0.25, 0.3) is 0 Å². The number of ether oxygens (including phenoxy) is 2. The number of rotatable bonds is 5. The van der Waals surface area contributed by atoms with Crippen LogP contribution in [0.5, 0.6) is 0 Å². The Morgan fingerprint density at radius 2 is 2.20 bits per heavy atom. The molecule has 0 radical (unpaired) electrons. The molecule has 2 aliphatic heterocycles. The van der Waals surface area contributed by atoms with Crippen molar-refractivity contribution in [3.63, 3.8) is 0 Å². The maximum Gasteiger partial charge on any atom is 0.302 e.